The van der Waals surface area contributed by atoms with Crippen LogP contribution < -0.4 is 5.32 Å². The second-order valence-electron chi connectivity index (χ2n) is 7.28. The fourth-order valence-corrected chi connectivity index (χ4v) is 3.69. The van der Waals surface area contributed by atoms with E-state index < -0.39 is 5.97 Å². The number of aliphatic carboxylic acids is 1. The fraction of sp³-hybridized carbons (Fsp3) is 0.318. The molecule has 144 valence electrons. The van der Waals surface area contributed by atoms with Crippen molar-refractivity contribution in [1.29, 1.82) is 0 Å². The van der Waals surface area contributed by atoms with Gasteiger partial charge in [0.15, 0.2) is 0 Å². The van der Waals surface area contributed by atoms with Crippen molar-refractivity contribution < 1.29 is 14.3 Å². The minimum atomic E-state index is -0.671. The first-order valence-electron chi connectivity index (χ1n) is 9.63. The Morgan fingerprint density at radius 2 is 1.75 bits per heavy atom. The number of nitrogens with one attached hydrogen (secondary N) is 1. The SMILES string of the molecule is O=C(O)C1CCC(CNc2nc(-c3ccccc3)cc(-c3ccoc3)n2)CC1. The van der Waals surface area contributed by atoms with E-state index in [-0.39, 0.29) is 5.92 Å². The number of aromatic nitrogens is 2. The molecule has 2 heterocycles. The molecule has 2 aromatic heterocycles. The van der Waals surface area contributed by atoms with E-state index in [4.69, 9.17) is 14.5 Å². The quantitative estimate of drug-likeness (QED) is 0.647. The van der Waals surface area contributed by atoms with Crippen LogP contribution in [-0.2, 0) is 4.79 Å². The maximum absolute atomic E-state index is 11.1. The number of anilines is 1. The van der Waals surface area contributed by atoms with Crippen LogP contribution in [0.3, 0.4) is 0 Å². The van der Waals surface area contributed by atoms with Crippen LogP contribution in [-0.4, -0.2) is 27.6 Å². The number of hydrogen-bond acceptors (Lipinski definition) is 5. The molecule has 28 heavy (non-hydrogen) atoms. The van der Waals surface area contributed by atoms with Gasteiger partial charge < -0.3 is 14.8 Å². The van der Waals surface area contributed by atoms with Gasteiger partial charge in [-0.25, -0.2) is 9.97 Å². The Morgan fingerprint density at radius 3 is 2.39 bits per heavy atom. The monoisotopic (exact) mass is 377 g/mol. The van der Waals surface area contributed by atoms with Crippen molar-refractivity contribution in [3.05, 3.63) is 55.0 Å². The number of carboxylic acids is 1. The van der Waals surface area contributed by atoms with Gasteiger partial charge in [0, 0.05) is 17.7 Å². The van der Waals surface area contributed by atoms with Crippen molar-refractivity contribution in [3.63, 3.8) is 0 Å². The summed E-state index contributed by atoms with van der Waals surface area (Å²) in [5.41, 5.74) is 3.59. The van der Waals surface area contributed by atoms with Gasteiger partial charge in [-0.05, 0) is 43.7 Å². The Hall–Kier alpha value is -3.15. The van der Waals surface area contributed by atoms with E-state index in [1.165, 1.54) is 0 Å². The normalized spacial score (nSPS) is 19.3. The van der Waals surface area contributed by atoms with Crippen LogP contribution in [0.1, 0.15) is 25.7 Å². The molecule has 1 fully saturated rings. The first-order valence-corrected chi connectivity index (χ1v) is 9.63. The molecular weight excluding hydrogens is 354 g/mol. The molecule has 0 saturated heterocycles. The van der Waals surface area contributed by atoms with E-state index in [2.05, 4.69) is 10.3 Å². The van der Waals surface area contributed by atoms with Crippen LogP contribution in [0.5, 0.6) is 0 Å². The number of benzene rings is 1. The van der Waals surface area contributed by atoms with E-state index in [1.807, 2.05) is 42.5 Å². The van der Waals surface area contributed by atoms with Crippen molar-refractivity contribution >= 4 is 11.9 Å². The minimum absolute atomic E-state index is 0.193. The molecule has 0 radical (unpaired) electrons. The van der Waals surface area contributed by atoms with Gasteiger partial charge in [0.05, 0.1) is 29.8 Å². The van der Waals surface area contributed by atoms with Gasteiger partial charge in [-0.2, -0.15) is 0 Å². The summed E-state index contributed by atoms with van der Waals surface area (Å²) in [6, 6.07) is 13.9. The van der Waals surface area contributed by atoms with Crippen molar-refractivity contribution in [2.24, 2.45) is 11.8 Å². The van der Waals surface area contributed by atoms with Gasteiger partial charge >= 0.3 is 5.97 Å². The second kappa shape index (κ2) is 8.25. The predicted molar refractivity (Wildman–Crippen MR) is 107 cm³/mol. The Morgan fingerprint density at radius 1 is 1.04 bits per heavy atom. The summed E-state index contributed by atoms with van der Waals surface area (Å²) in [7, 11) is 0. The molecule has 1 saturated carbocycles. The summed E-state index contributed by atoms with van der Waals surface area (Å²) in [6.45, 7) is 0.745. The van der Waals surface area contributed by atoms with Crippen molar-refractivity contribution in [2.45, 2.75) is 25.7 Å². The summed E-state index contributed by atoms with van der Waals surface area (Å²) in [6.07, 6.45) is 6.62. The lowest BCUT2D eigenvalue weighted by Crippen LogP contribution is -2.25. The van der Waals surface area contributed by atoms with Crippen molar-refractivity contribution in [2.75, 3.05) is 11.9 Å². The molecule has 1 aliphatic carbocycles. The topological polar surface area (TPSA) is 88.2 Å². The van der Waals surface area contributed by atoms with Gasteiger partial charge in [0.25, 0.3) is 0 Å². The summed E-state index contributed by atoms with van der Waals surface area (Å²) in [5.74, 6) is 0.159. The first-order chi connectivity index (χ1) is 13.7. The van der Waals surface area contributed by atoms with Gasteiger partial charge in [0.2, 0.25) is 5.95 Å². The zero-order chi connectivity index (χ0) is 19.3. The Balaban J connectivity index is 1.52. The van der Waals surface area contributed by atoms with E-state index in [0.717, 1.165) is 54.7 Å². The van der Waals surface area contributed by atoms with Crippen LogP contribution in [0, 0.1) is 11.8 Å². The molecule has 0 unspecified atom stereocenters. The number of carbonyl (C=O) groups is 1. The number of nitrogens with zero attached hydrogens (tertiary/aromatic N) is 2. The molecule has 0 amide bonds. The number of rotatable bonds is 6. The summed E-state index contributed by atoms with van der Waals surface area (Å²) < 4.78 is 5.21. The molecule has 1 aromatic carbocycles. The second-order valence-corrected chi connectivity index (χ2v) is 7.28. The lowest BCUT2D eigenvalue weighted by molar-refractivity contribution is -0.143. The molecule has 3 aromatic rings. The summed E-state index contributed by atoms with van der Waals surface area (Å²) >= 11 is 0. The first kappa shape index (κ1) is 18.2. The maximum Gasteiger partial charge on any atom is 0.306 e. The van der Waals surface area contributed by atoms with Crippen LogP contribution >= 0.6 is 0 Å². The predicted octanol–water partition coefficient (Wildman–Crippen LogP) is 4.71. The number of hydrogen-bond donors (Lipinski definition) is 2. The van der Waals surface area contributed by atoms with E-state index in [9.17, 15) is 4.79 Å². The highest BCUT2D eigenvalue weighted by molar-refractivity contribution is 5.70. The number of carboxylic acid groups (broad SMARTS) is 1. The molecule has 6 nitrogen and oxygen atoms in total. The Bertz CT molecular complexity index is 917. The molecule has 0 spiro atoms. The van der Waals surface area contributed by atoms with Crippen LogP contribution in [0.25, 0.3) is 22.5 Å². The molecule has 0 atom stereocenters. The van der Waals surface area contributed by atoms with Gasteiger partial charge in [-0.15, -0.1) is 0 Å². The van der Waals surface area contributed by atoms with Crippen LogP contribution in [0.15, 0.2) is 59.4 Å². The molecule has 0 aliphatic heterocycles. The highest BCUT2D eigenvalue weighted by Gasteiger charge is 2.25. The minimum Gasteiger partial charge on any atom is -0.481 e. The van der Waals surface area contributed by atoms with Gasteiger partial charge in [-0.3, -0.25) is 4.79 Å². The Kier molecular flexibility index (Phi) is 5.37. The average Bonchev–Trinajstić information content (AvgIpc) is 3.28. The van der Waals surface area contributed by atoms with E-state index >= 15 is 0 Å². The van der Waals surface area contributed by atoms with Crippen molar-refractivity contribution in [3.8, 4) is 22.5 Å². The third-order valence-corrected chi connectivity index (χ3v) is 5.36. The van der Waals surface area contributed by atoms with Crippen molar-refractivity contribution in [1.82, 2.24) is 9.97 Å². The maximum atomic E-state index is 11.1. The third-order valence-electron chi connectivity index (χ3n) is 5.36. The zero-order valence-electron chi connectivity index (χ0n) is 15.5. The zero-order valence-corrected chi connectivity index (χ0v) is 15.5. The fourth-order valence-electron chi connectivity index (χ4n) is 3.69. The van der Waals surface area contributed by atoms with Gasteiger partial charge in [0.1, 0.15) is 0 Å². The highest BCUT2D eigenvalue weighted by atomic mass is 16.4. The highest BCUT2D eigenvalue weighted by Crippen LogP contribution is 2.30. The Labute approximate surface area is 163 Å². The van der Waals surface area contributed by atoms with Crippen LogP contribution in [0.4, 0.5) is 5.95 Å². The van der Waals surface area contributed by atoms with E-state index in [0.29, 0.717) is 11.9 Å². The summed E-state index contributed by atoms with van der Waals surface area (Å²) in [4.78, 5) is 20.5. The van der Waals surface area contributed by atoms with Crippen LogP contribution in [0.2, 0.25) is 0 Å². The van der Waals surface area contributed by atoms with E-state index in [1.54, 1.807) is 12.5 Å². The molecule has 6 heteroatoms. The lowest BCUT2D eigenvalue weighted by Gasteiger charge is -2.26. The average molecular weight is 377 g/mol. The molecule has 0 bridgehead atoms. The molecular formula is C22H23N3O3. The lowest BCUT2D eigenvalue weighted by atomic mass is 9.82. The summed E-state index contributed by atoms with van der Waals surface area (Å²) in [5, 5.41) is 12.5. The standard InChI is InChI=1S/C22H23N3O3/c26-21(27)17-8-6-15(7-9-17)13-23-22-24-19(16-4-2-1-3-5-16)12-20(25-22)18-10-11-28-14-18/h1-5,10-12,14-15,17H,6-9,13H2,(H,26,27)(H,23,24,25). The smallest absolute Gasteiger partial charge is 0.306 e. The largest absolute Gasteiger partial charge is 0.481 e. The molecule has 2 N–H and O–H groups in total. The third kappa shape index (κ3) is 4.22. The molecule has 1 aliphatic rings. The molecule has 4 rings (SSSR count). The number of furan rings is 1. The van der Waals surface area contributed by atoms with Gasteiger partial charge in [-0.1, -0.05) is 30.3 Å².